The van der Waals surface area contributed by atoms with Gasteiger partial charge in [-0.3, -0.25) is 9.36 Å². The molecule has 0 unspecified atom stereocenters. The number of pyridine rings is 1. The minimum atomic E-state index is -0.325. The first kappa shape index (κ1) is 15.5. The van der Waals surface area contributed by atoms with Gasteiger partial charge in [0, 0.05) is 22.5 Å². The SMILES string of the molecule is Cc1nccn1-c1ccc(NC(=O)c2cc3c(F)cccc3s2)cn1. The van der Waals surface area contributed by atoms with Crippen molar-refractivity contribution in [1.82, 2.24) is 14.5 Å². The van der Waals surface area contributed by atoms with Crippen molar-refractivity contribution >= 4 is 33.0 Å². The number of aryl methyl sites for hydroxylation is 1. The molecule has 0 bridgehead atoms. The molecule has 25 heavy (non-hydrogen) atoms. The first-order valence-electron chi connectivity index (χ1n) is 7.57. The van der Waals surface area contributed by atoms with E-state index < -0.39 is 0 Å². The van der Waals surface area contributed by atoms with Crippen LogP contribution in [0.3, 0.4) is 0 Å². The van der Waals surface area contributed by atoms with E-state index in [9.17, 15) is 9.18 Å². The van der Waals surface area contributed by atoms with E-state index in [-0.39, 0.29) is 11.7 Å². The molecule has 1 amide bonds. The van der Waals surface area contributed by atoms with Crippen molar-refractivity contribution in [2.75, 3.05) is 5.32 Å². The molecule has 0 radical (unpaired) electrons. The largest absolute Gasteiger partial charge is 0.320 e. The molecule has 0 aliphatic heterocycles. The van der Waals surface area contributed by atoms with Crippen LogP contribution < -0.4 is 5.32 Å². The lowest BCUT2D eigenvalue weighted by Gasteiger charge is -2.06. The Morgan fingerprint density at radius 3 is 2.80 bits per heavy atom. The number of amides is 1. The van der Waals surface area contributed by atoms with Gasteiger partial charge in [-0.25, -0.2) is 14.4 Å². The highest BCUT2D eigenvalue weighted by Crippen LogP contribution is 2.28. The van der Waals surface area contributed by atoms with Gasteiger partial charge in [-0.2, -0.15) is 0 Å². The molecular formula is C18H13FN4OS. The van der Waals surface area contributed by atoms with Crippen LogP contribution in [-0.2, 0) is 0 Å². The molecule has 3 aromatic heterocycles. The number of carbonyl (C=O) groups excluding carboxylic acids is 1. The molecular weight excluding hydrogens is 339 g/mol. The maximum atomic E-state index is 13.8. The van der Waals surface area contributed by atoms with Crippen LogP contribution in [0.1, 0.15) is 15.5 Å². The second-order valence-corrected chi connectivity index (χ2v) is 6.55. The van der Waals surface area contributed by atoms with Crippen LogP contribution >= 0.6 is 11.3 Å². The number of halogens is 1. The van der Waals surface area contributed by atoms with Crippen molar-refractivity contribution in [3.05, 3.63) is 71.5 Å². The molecule has 5 nitrogen and oxygen atoms in total. The predicted octanol–water partition coefficient (Wildman–Crippen LogP) is 4.18. The highest BCUT2D eigenvalue weighted by Gasteiger charge is 2.13. The molecule has 0 fully saturated rings. The molecule has 4 rings (SSSR count). The Morgan fingerprint density at radius 1 is 1.24 bits per heavy atom. The molecule has 3 heterocycles. The fraction of sp³-hybridized carbons (Fsp3) is 0.0556. The van der Waals surface area contributed by atoms with Gasteiger partial charge in [0.1, 0.15) is 17.5 Å². The third-order valence-electron chi connectivity index (χ3n) is 3.81. The lowest BCUT2D eigenvalue weighted by molar-refractivity contribution is 0.103. The molecule has 0 saturated heterocycles. The Morgan fingerprint density at radius 2 is 2.12 bits per heavy atom. The lowest BCUT2D eigenvalue weighted by atomic mass is 10.2. The zero-order chi connectivity index (χ0) is 17.4. The van der Waals surface area contributed by atoms with Crippen LogP contribution in [-0.4, -0.2) is 20.4 Å². The van der Waals surface area contributed by atoms with Crippen LogP contribution in [0.25, 0.3) is 15.9 Å². The van der Waals surface area contributed by atoms with E-state index in [1.807, 2.05) is 17.7 Å². The number of nitrogens with one attached hydrogen (secondary N) is 1. The summed E-state index contributed by atoms with van der Waals surface area (Å²) in [7, 11) is 0. The number of hydrogen-bond donors (Lipinski definition) is 1. The van der Waals surface area contributed by atoms with Crippen LogP contribution in [0.4, 0.5) is 10.1 Å². The van der Waals surface area contributed by atoms with Crippen molar-refractivity contribution in [2.24, 2.45) is 0 Å². The van der Waals surface area contributed by atoms with Crippen molar-refractivity contribution in [2.45, 2.75) is 6.92 Å². The number of thiophene rings is 1. The van der Waals surface area contributed by atoms with Gasteiger partial charge in [0.2, 0.25) is 0 Å². The Balaban J connectivity index is 1.56. The summed E-state index contributed by atoms with van der Waals surface area (Å²) in [6.07, 6.45) is 5.11. The molecule has 1 aromatic carbocycles. The number of rotatable bonds is 3. The number of imidazole rings is 1. The van der Waals surface area contributed by atoms with Crippen LogP contribution in [0.5, 0.6) is 0 Å². The highest BCUT2D eigenvalue weighted by atomic mass is 32.1. The average molecular weight is 352 g/mol. The minimum absolute atomic E-state index is 0.283. The summed E-state index contributed by atoms with van der Waals surface area (Å²) in [4.78, 5) is 21.3. The number of carbonyl (C=O) groups is 1. The van der Waals surface area contributed by atoms with Gasteiger partial charge in [-0.15, -0.1) is 11.3 Å². The average Bonchev–Trinajstić information content (AvgIpc) is 3.23. The zero-order valence-corrected chi connectivity index (χ0v) is 14.0. The molecule has 4 aromatic rings. The van der Waals surface area contributed by atoms with E-state index in [0.29, 0.717) is 16.0 Å². The molecule has 1 N–H and O–H groups in total. The number of fused-ring (bicyclic) bond motifs is 1. The zero-order valence-electron chi connectivity index (χ0n) is 13.2. The standard InChI is InChI=1S/C18H13FN4OS/c1-11-20-7-8-23(11)17-6-5-12(10-21-17)22-18(24)16-9-13-14(19)3-2-4-15(13)25-16/h2-10H,1H3,(H,22,24). The summed E-state index contributed by atoms with van der Waals surface area (Å²) < 4.78 is 16.4. The molecule has 0 aliphatic carbocycles. The van der Waals surface area contributed by atoms with E-state index in [1.54, 1.807) is 42.7 Å². The number of aromatic nitrogens is 3. The van der Waals surface area contributed by atoms with Crippen molar-refractivity contribution in [1.29, 1.82) is 0 Å². The maximum Gasteiger partial charge on any atom is 0.265 e. The second kappa shape index (κ2) is 6.10. The summed E-state index contributed by atoms with van der Waals surface area (Å²) in [5.41, 5.74) is 0.574. The van der Waals surface area contributed by atoms with Gasteiger partial charge in [-0.1, -0.05) is 6.07 Å². The third-order valence-corrected chi connectivity index (χ3v) is 4.91. The summed E-state index contributed by atoms with van der Waals surface area (Å²) in [5.74, 6) is 0.942. The van der Waals surface area contributed by atoms with Crippen LogP contribution in [0.2, 0.25) is 0 Å². The fourth-order valence-corrected chi connectivity index (χ4v) is 3.52. The number of benzene rings is 1. The fourth-order valence-electron chi connectivity index (χ4n) is 2.55. The minimum Gasteiger partial charge on any atom is -0.320 e. The number of nitrogens with zero attached hydrogens (tertiary/aromatic N) is 3. The lowest BCUT2D eigenvalue weighted by Crippen LogP contribution is -2.10. The van der Waals surface area contributed by atoms with Gasteiger partial charge in [-0.05, 0) is 37.3 Å². The number of hydrogen-bond acceptors (Lipinski definition) is 4. The summed E-state index contributed by atoms with van der Waals surface area (Å²) in [6, 6.07) is 9.96. The first-order chi connectivity index (χ1) is 12.1. The first-order valence-corrected chi connectivity index (χ1v) is 8.39. The van der Waals surface area contributed by atoms with E-state index in [4.69, 9.17) is 0 Å². The molecule has 0 aliphatic rings. The normalized spacial score (nSPS) is 11.0. The van der Waals surface area contributed by atoms with Gasteiger partial charge < -0.3 is 5.32 Å². The topological polar surface area (TPSA) is 59.8 Å². The van der Waals surface area contributed by atoms with E-state index in [2.05, 4.69) is 15.3 Å². The van der Waals surface area contributed by atoms with Crippen LogP contribution in [0, 0.1) is 12.7 Å². The van der Waals surface area contributed by atoms with E-state index in [1.165, 1.54) is 17.4 Å². The molecule has 124 valence electrons. The predicted molar refractivity (Wildman–Crippen MR) is 95.8 cm³/mol. The van der Waals surface area contributed by atoms with Crippen LogP contribution in [0.15, 0.2) is 55.0 Å². The maximum absolute atomic E-state index is 13.8. The van der Waals surface area contributed by atoms with Gasteiger partial charge in [0.25, 0.3) is 5.91 Å². The molecule has 0 saturated carbocycles. The van der Waals surface area contributed by atoms with Crippen molar-refractivity contribution in [3.8, 4) is 5.82 Å². The Kier molecular flexibility index (Phi) is 3.77. The Hall–Kier alpha value is -3.06. The quantitative estimate of drug-likeness (QED) is 0.602. The molecule has 0 spiro atoms. The molecule has 7 heteroatoms. The monoisotopic (exact) mass is 352 g/mol. The van der Waals surface area contributed by atoms with Gasteiger partial charge in [0.15, 0.2) is 0 Å². The van der Waals surface area contributed by atoms with Crippen molar-refractivity contribution < 1.29 is 9.18 Å². The summed E-state index contributed by atoms with van der Waals surface area (Å²) >= 11 is 1.26. The number of anilines is 1. The Bertz CT molecular complexity index is 1070. The van der Waals surface area contributed by atoms with E-state index in [0.717, 1.165) is 16.3 Å². The van der Waals surface area contributed by atoms with Crippen molar-refractivity contribution in [3.63, 3.8) is 0 Å². The summed E-state index contributed by atoms with van der Waals surface area (Å²) in [5, 5.41) is 3.25. The smallest absolute Gasteiger partial charge is 0.265 e. The highest BCUT2D eigenvalue weighted by molar-refractivity contribution is 7.20. The molecule has 0 atom stereocenters. The second-order valence-electron chi connectivity index (χ2n) is 5.47. The summed E-state index contributed by atoms with van der Waals surface area (Å²) in [6.45, 7) is 1.89. The third kappa shape index (κ3) is 2.89. The van der Waals surface area contributed by atoms with E-state index >= 15 is 0 Å². The Labute approximate surface area is 146 Å². The van der Waals surface area contributed by atoms with Gasteiger partial charge in [0.05, 0.1) is 16.8 Å². The van der Waals surface area contributed by atoms with Gasteiger partial charge >= 0.3 is 0 Å².